The van der Waals surface area contributed by atoms with Crippen molar-refractivity contribution in [2.24, 2.45) is 5.92 Å². The van der Waals surface area contributed by atoms with Gasteiger partial charge in [-0.3, -0.25) is 19.2 Å². The SMILES string of the molecule is CCC(=O)NC(C)(C(=O)N1CCN(C)CC1)[C@@H](C)c1ccc(NC(=O)[C@](C)(NC(=O)c2cccn2CC)C2CCCCCC2)c(F)c1. The molecule has 4 rings (SSSR count). The Hall–Kier alpha value is -3.73. The summed E-state index contributed by atoms with van der Waals surface area (Å²) in [5, 5.41) is 8.77. The largest absolute Gasteiger partial charge is 0.344 e. The lowest BCUT2D eigenvalue weighted by Crippen LogP contribution is -2.62. The van der Waals surface area contributed by atoms with Crippen molar-refractivity contribution in [2.45, 2.75) is 103 Å². The zero-order chi connectivity index (χ0) is 34.4. The van der Waals surface area contributed by atoms with Crippen LogP contribution in [-0.2, 0) is 20.9 Å². The number of aryl methyl sites for hydroxylation is 1. The molecule has 1 saturated carbocycles. The standard InChI is InChI=1S/C36H53FN6O4/c1-7-31(44)39-35(4,34(47)43-22-20-41(6)21-23-43)25(3)26-17-18-29(28(37)24-26)38-33(46)36(5,27-14-11-9-10-12-15-27)40-32(45)30-16-13-19-42(30)8-2/h13,16-19,24-25,27H,7-12,14-15,20-23H2,1-6H3,(H,38,46)(H,39,44)(H,40,45)/t25-,35?,36+/m0/s1. The monoisotopic (exact) mass is 652 g/mol. The molecule has 1 saturated heterocycles. The molecule has 1 aromatic carbocycles. The lowest BCUT2D eigenvalue weighted by molar-refractivity contribution is -0.143. The fraction of sp³-hybridized carbons (Fsp3) is 0.611. The Morgan fingerprint density at radius 3 is 2.21 bits per heavy atom. The van der Waals surface area contributed by atoms with Crippen LogP contribution in [0.3, 0.4) is 0 Å². The van der Waals surface area contributed by atoms with E-state index in [2.05, 4.69) is 20.9 Å². The summed E-state index contributed by atoms with van der Waals surface area (Å²) in [5.74, 6) is -2.65. The number of halogens is 1. The minimum absolute atomic E-state index is 0.0123. The molecular formula is C36H53FN6O4. The van der Waals surface area contributed by atoms with Crippen LogP contribution in [0.15, 0.2) is 36.5 Å². The first-order chi connectivity index (χ1) is 22.3. The molecule has 1 unspecified atom stereocenters. The maximum atomic E-state index is 15.9. The van der Waals surface area contributed by atoms with Gasteiger partial charge < -0.3 is 30.3 Å². The summed E-state index contributed by atoms with van der Waals surface area (Å²) in [6.45, 7) is 12.1. The fourth-order valence-corrected chi connectivity index (χ4v) is 6.95. The molecule has 2 fully saturated rings. The molecule has 258 valence electrons. The van der Waals surface area contributed by atoms with Crippen LogP contribution in [-0.4, -0.2) is 82.3 Å². The number of amides is 4. The van der Waals surface area contributed by atoms with Gasteiger partial charge >= 0.3 is 0 Å². The summed E-state index contributed by atoms with van der Waals surface area (Å²) in [6.07, 6.45) is 7.65. The van der Waals surface area contributed by atoms with E-state index in [0.29, 0.717) is 30.9 Å². The predicted octanol–water partition coefficient (Wildman–Crippen LogP) is 4.91. The molecular weight excluding hydrogens is 599 g/mol. The quantitative estimate of drug-likeness (QED) is 0.299. The number of rotatable bonds is 11. The number of nitrogens with zero attached hydrogens (tertiary/aromatic N) is 3. The number of hydrogen-bond donors (Lipinski definition) is 3. The van der Waals surface area contributed by atoms with Crippen molar-refractivity contribution in [3.05, 3.63) is 53.6 Å². The molecule has 0 spiro atoms. The minimum atomic E-state index is -1.31. The molecule has 1 aromatic heterocycles. The third-order valence-electron chi connectivity index (χ3n) is 10.5. The average Bonchev–Trinajstić information content (AvgIpc) is 3.38. The Bertz CT molecular complexity index is 1430. The van der Waals surface area contributed by atoms with Gasteiger partial charge in [-0.05, 0) is 76.4 Å². The predicted molar refractivity (Wildman–Crippen MR) is 182 cm³/mol. The highest BCUT2D eigenvalue weighted by molar-refractivity contribution is 6.03. The molecule has 11 heteroatoms. The van der Waals surface area contributed by atoms with Crippen LogP contribution in [0.1, 0.15) is 102 Å². The first-order valence-electron chi connectivity index (χ1n) is 17.2. The highest BCUT2D eigenvalue weighted by Gasteiger charge is 2.45. The Balaban J connectivity index is 1.59. The normalized spacial score (nSPS) is 19.5. The third kappa shape index (κ3) is 8.05. The van der Waals surface area contributed by atoms with Gasteiger partial charge in [-0.1, -0.05) is 45.6 Å². The topological polar surface area (TPSA) is 116 Å². The molecule has 10 nitrogen and oxygen atoms in total. The zero-order valence-corrected chi connectivity index (χ0v) is 29.0. The second kappa shape index (κ2) is 15.4. The number of anilines is 1. The zero-order valence-electron chi connectivity index (χ0n) is 29.0. The van der Waals surface area contributed by atoms with Crippen LogP contribution < -0.4 is 16.0 Å². The molecule has 1 aliphatic carbocycles. The first-order valence-corrected chi connectivity index (χ1v) is 17.2. The van der Waals surface area contributed by atoms with E-state index in [-0.39, 0.29) is 35.7 Å². The molecule has 1 aliphatic heterocycles. The second-order valence-corrected chi connectivity index (χ2v) is 13.6. The fourth-order valence-electron chi connectivity index (χ4n) is 6.95. The Kier molecular flexibility index (Phi) is 11.9. The lowest BCUT2D eigenvalue weighted by atomic mass is 9.79. The van der Waals surface area contributed by atoms with Gasteiger partial charge in [0.1, 0.15) is 22.6 Å². The number of carbonyl (C=O) groups excluding carboxylic acids is 4. The Morgan fingerprint density at radius 1 is 0.957 bits per heavy atom. The van der Waals surface area contributed by atoms with Crippen molar-refractivity contribution in [3.63, 3.8) is 0 Å². The van der Waals surface area contributed by atoms with Gasteiger partial charge in [0.25, 0.3) is 5.91 Å². The van der Waals surface area contributed by atoms with E-state index in [4.69, 9.17) is 0 Å². The van der Waals surface area contributed by atoms with Crippen molar-refractivity contribution in [1.29, 1.82) is 0 Å². The number of carbonyl (C=O) groups is 4. The van der Waals surface area contributed by atoms with E-state index in [9.17, 15) is 19.2 Å². The van der Waals surface area contributed by atoms with Gasteiger partial charge in [-0.25, -0.2) is 4.39 Å². The van der Waals surface area contributed by atoms with Gasteiger partial charge in [0.2, 0.25) is 17.7 Å². The summed E-state index contributed by atoms with van der Waals surface area (Å²) >= 11 is 0. The van der Waals surface area contributed by atoms with Gasteiger partial charge in [0.15, 0.2) is 0 Å². The van der Waals surface area contributed by atoms with Crippen molar-refractivity contribution in [2.75, 3.05) is 38.5 Å². The van der Waals surface area contributed by atoms with Crippen LogP contribution in [0, 0.1) is 11.7 Å². The average molecular weight is 653 g/mol. The molecule has 2 aromatic rings. The summed E-state index contributed by atoms with van der Waals surface area (Å²) in [6, 6.07) is 8.04. The van der Waals surface area contributed by atoms with E-state index < -0.39 is 28.7 Å². The molecule has 0 radical (unpaired) electrons. The minimum Gasteiger partial charge on any atom is -0.344 e. The van der Waals surface area contributed by atoms with Crippen LogP contribution in [0.5, 0.6) is 0 Å². The Labute approximate surface area is 278 Å². The van der Waals surface area contributed by atoms with E-state index in [1.54, 1.807) is 43.9 Å². The smallest absolute Gasteiger partial charge is 0.268 e. The highest BCUT2D eigenvalue weighted by atomic mass is 19.1. The number of nitrogens with one attached hydrogen (secondary N) is 3. The number of benzene rings is 1. The molecule has 4 amide bonds. The number of aromatic nitrogens is 1. The maximum absolute atomic E-state index is 15.9. The number of likely N-dealkylation sites (N-methyl/N-ethyl adjacent to an activating group) is 1. The van der Waals surface area contributed by atoms with E-state index in [0.717, 1.165) is 51.6 Å². The molecule has 2 heterocycles. The van der Waals surface area contributed by atoms with Crippen LogP contribution >= 0.6 is 0 Å². The molecule has 3 atom stereocenters. The molecule has 2 aliphatic rings. The third-order valence-corrected chi connectivity index (χ3v) is 10.5. The van der Waals surface area contributed by atoms with E-state index >= 15 is 4.39 Å². The van der Waals surface area contributed by atoms with Crippen molar-refractivity contribution < 1.29 is 23.6 Å². The van der Waals surface area contributed by atoms with Gasteiger partial charge in [0, 0.05) is 51.3 Å². The Morgan fingerprint density at radius 2 is 1.62 bits per heavy atom. The van der Waals surface area contributed by atoms with Crippen molar-refractivity contribution in [3.8, 4) is 0 Å². The molecule has 3 N–H and O–H groups in total. The number of piperazine rings is 1. The summed E-state index contributed by atoms with van der Waals surface area (Å²) in [7, 11) is 2.00. The molecule has 47 heavy (non-hydrogen) atoms. The van der Waals surface area contributed by atoms with Crippen LogP contribution in [0.2, 0.25) is 0 Å². The molecule has 0 bridgehead atoms. The summed E-state index contributed by atoms with van der Waals surface area (Å²) < 4.78 is 17.7. The van der Waals surface area contributed by atoms with E-state index in [1.807, 2.05) is 31.7 Å². The van der Waals surface area contributed by atoms with E-state index in [1.165, 1.54) is 12.1 Å². The van der Waals surface area contributed by atoms with Crippen LogP contribution in [0.25, 0.3) is 0 Å². The summed E-state index contributed by atoms with van der Waals surface area (Å²) in [5.41, 5.74) is -1.61. The van der Waals surface area contributed by atoms with Gasteiger partial charge in [-0.15, -0.1) is 0 Å². The highest BCUT2D eigenvalue weighted by Crippen LogP contribution is 2.35. The number of hydrogen-bond acceptors (Lipinski definition) is 5. The first kappa shape index (κ1) is 36.1. The van der Waals surface area contributed by atoms with Crippen molar-refractivity contribution in [1.82, 2.24) is 25.0 Å². The van der Waals surface area contributed by atoms with Gasteiger partial charge in [0.05, 0.1) is 5.69 Å². The van der Waals surface area contributed by atoms with Gasteiger partial charge in [-0.2, -0.15) is 0 Å². The van der Waals surface area contributed by atoms with Crippen LogP contribution in [0.4, 0.5) is 10.1 Å². The second-order valence-electron chi connectivity index (χ2n) is 13.6. The lowest BCUT2D eigenvalue weighted by Gasteiger charge is -2.42. The van der Waals surface area contributed by atoms with Crippen molar-refractivity contribution >= 4 is 29.3 Å². The maximum Gasteiger partial charge on any atom is 0.268 e. The summed E-state index contributed by atoms with van der Waals surface area (Å²) in [4.78, 5) is 58.0.